The first-order chi connectivity index (χ1) is 12.7. The molecule has 0 spiro atoms. The molecule has 0 saturated carbocycles. The Balaban J connectivity index is 1.66. The van der Waals surface area contributed by atoms with Crippen LogP contribution in [0.1, 0.15) is 36.7 Å². The summed E-state index contributed by atoms with van der Waals surface area (Å²) in [4.78, 5) is 17.4. The predicted octanol–water partition coefficient (Wildman–Crippen LogP) is 3.35. The van der Waals surface area contributed by atoms with Crippen molar-refractivity contribution in [3.05, 3.63) is 66.0 Å². The number of imidazole rings is 1. The monoisotopic (exact) mass is 349 g/mol. The number of aryl methyl sites for hydroxylation is 1. The Morgan fingerprint density at radius 3 is 2.73 bits per heavy atom. The predicted molar refractivity (Wildman–Crippen MR) is 101 cm³/mol. The van der Waals surface area contributed by atoms with Gasteiger partial charge in [-0.3, -0.25) is 4.79 Å². The maximum Gasteiger partial charge on any atom is 0.223 e. The molecule has 2 atom stereocenters. The van der Waals surface area contributed by atoms with Gasteiger partial charge in [-0.05, 0) is 30.5 Å². The summed E-state index contributed by atoms with van der Waals surface area (Å²) >= 11 is 0. The highest BCUT2D eigenvalue weighted by atomic mass is 16.5. The van der Waals surface area contributed by atoms with Gasteiger partial charge in [-0.2, -0.15) is 0 Å². The van der Waals surface area contributed by atoms with Crippen molar-refractivity contribution in [2.75, 3.05) is 6.61 Å². The minimum atomic E-state index is -0.289. The van der Waals surface area contributed by atoms with Gasteiger partial charge >= 0.3 is 0 Å². The molecule has 0 aliphatic carbocycles. The molecular formula is C21H23N3O2. The second kappa shape index (κ2) is 7.30. The van der Waals surface area contributed by atoms with Crippen LogP contribution < -0.4 is 5.32 Å². The van der Waals surface area contributed by atoms with Gasteiger partial charge in [-0.15, -0.1) is 0 Å². The molecule has 26 heavy (non-hydrogen) atoms. The topological polar surface area (TPSA) is 56.2 Å². The van der Waals surface area contributed by atoms with Gasteiger partial charge in [0.2, 0.25) is 5.91 Å². The first-order valence-corrected chi connectivity index (χ1v) is 9.09. The third kappa shape index (κ3) is 3.35. The molecule has 4 rings (SSSR count). The summed E-state index contributed by atoms with van der Waals surface area (Å²) < 4.78 is 7.66. The highest BCUT2D eigenvalue weighted by molar-refractivity contribution is 5.79. The summed E-state index contributed by atoms with van der Waals surface area (Å²) in [6, 6.07) is 17.7. The smallest absolute Gasteiger partial charge is 0.223 e. The van der Waals surface area contributed by atoms with Crippen molar-refractivity contribution in [1.82, 2.24) is 14.9 Å². The number of hydrogen-bond donors (Lipinski definition) is 1. The number of fused-ring (bicyclic) bond motifs is 1. The van der Waals surface area contributed by atoms with Crippen molar-refractivity contribution in [2.45, 2.75) is 31.4 Å². The number of nitrogens with zero attached hydrogens (tertiary/aromatic N) is 2. The highest BCUT2D eigenvalue weighted by Gasteiger charge is 2.25. The molecule has 1 aliphatic heterocycles. The van der Waals surface area contributed by atoms with E-state index in [1.54, 1.807) is 0 Å². The van der Waals surface area contributed by atoms with E-state index >= 15 is 0 Å². The lowest BCUT2D eigenvalue weighted by molar-refractivity contribution is -0.123. The quantitative estimate of drug-likeness (QED) is 0.768. The molecule has 1 amide bonds. The molecule has 1 N–H and O–H groups in total. The fourth-order valence-electron chi connectivity index (χ4n) is 3.60. The number of ether oxygens (including phenoxy) is 1. The molecule has 0 bridgehead atoms. The fraction of sp³-hybridized carbons (Fsp3) is 0.333. The molecule has 0 unspecified atom stereocenters. The molecule has 0 radical (unpaired) electrons. The van der Waals surface area contributed by atoms with Gasteiger partial charge in [0.05, 0.1) is 23.6 Å². The van der Waals surface area contributed by atoms with Crippen LogP contribution >= 0.6 is 0 Å². The Morgan fingerprint density at radius 2 is 2.00 bits per heavy atom. The first-order valence-electron chi connectivity index (χ1n) is 9.09. The van der Waals surface area contributed by atoms with Crippen LogP contribution in [0.25, 0.3) is 11.0 Å². The van der Waals surface area contributed by atoms with Crippen LogP contribution in [-0.2, 0) is 16.6 Å². The number of carbonyl (C=O) groups is 1. The Bertz CT molecular complexity index is 898. The van der Waals surface area contributed by atoms with Gasteiger partial charge in [0.15, 0.2) is 0 Å². The lowest BCUT2D eigenvalue weighted by atomic mass is 10.1. The fourth-order valence-corrected chi connectivity index (χ4v) is 3.60. The van der Waals surface area contributed by atoms with E-state index in [1.807, 2.05) is 61.6 Å². The third-order valence-corrected chi connectivity index (χ3v) is 4.96. The zero-order chi connectivity index (χ0) is 17.9. The number of para-hydroxylation sites is 2. The summed E-state index contributed by atoms with van der Waals surface area (Å²) in [7, 11) is 1.99. The van der Waals surface area contributed by atoms with Crippen LogP contribution in [0.5, 0.6) is 0 Å². The number of aromatic nitrogens is 2. The van der Waals surface area contributed by atoms with E-state index in [0.717, 1.165) is 41.9 Å². The van der Waals surface area contributed by atoms with Crippen LogP contribution in [-0.4, -0.2) is 28.2 Å². The molecular weight excluding hydrogens is 326 g/mol. The van der Waals surface area contributed by atoms with Gasteiger partial charge < -0.3 is 14.6 Å². The standard InChI is InChI=1S/C21H23N3O2/c1-24-18-12-6-5-11-17(18)22-21(24)20(15-8-3-2-4-9-15)23-19(25)14-16-10-7-13-26-16/h2-6,8-9,11-12,16,20H,7,10,13-14H2,1H3,(H,23,25)/t16-,20+/m1/s1. The molecule has 1 saturated heterocycles. The Morgan fingerprint density at radius 1 is 1.23 bits per heavy atom. The van der Waals surface area contributed by atoms with E-state index < -0.39 is 0 Å². The lowest BCUT2D eigenvalue weighted by Gasteiger charge is -2.20. The van der Waals surface area contributed by atoms with Crippen molar-refractivity contribution in [2.24, 2.45) is 7.05 Å². The van der Waals surface area contributed by atoms with E-state index in [1.165, 1.54) is 0 Å². The van der Waals surface area contributed by atoms with Crippen LogP contribution in [0.2, 0.25) is 0 Å². The molecule has 134 valence electrons. The SMILES string of the molecule is Cn1c([C@@H](NC(=O)C[C@H]2CCCO2)c2ccccc2)nc2ccccc21. The number of rotatable bonds is 5. The zero-order valence-corrected chi connectivity index (χ0v) is 14.9. The molecule has 1 fully saturated rings. The first kappa shape index (κ1) is 16.8. The van der Waals surface area contributed by atoms with E-state index in [4.69, 9.17) is 9.72 Å². The van der Waals surface area contributed by atoms with E-state index in [2.05, 4.69) is 9.88 Å². The van der Waals surface area contributed by atoms with E-state index in [-0.39, 0.29) is 18.1 Å². The minimum Gasteiger partial charge on any atom is -0.378 e. The van der Waals surface area contributed by atoms with Crippen molar-refractivity contribution in [3.8, 4) is 0 Å². The average Bonchev–Trinajstić information content (AvgIpc) is 3.29. The summed E-state index contributed by atoms with van der Waals surface area (Å²) in [6.45, 7) is 0.755. The van der Waals surface area contributed by atoms with Gasteiger partial charge in [0.1, 0.15) is 11.9 Å². The minimum absolute atomic E-state index is 0.00203. The van der Waals surface area contributed by atoms with Crippen molar-refractivity contribution in [1.29, 1.82) is 0 Å². The van der Waals surface area contributed by atoms with Gasteiger partial charge in [0.25, 0.3) is 0 Å². The Kier molecular flexibility index (Phi) is 4.71. The number of hydrogen-bond acceptors (Lipinski definition) is 3. The molecule has 2 heterocycles. The van der Waals surface area contributed by atoms with Crippen LogP contribution in [0.15, 0.2) is 54.6 Å². The number of nitrogens with one attached hydrogen (secondary N) is 1. The molecule has 5 heteroatoms. The molecule has 1 aliphatic rings. The summed E-state index contributed by atoms with van der Waals surface area (Å²) in [5.41, 5.74) is 3.00. The number of amides is 1. The van der Waals surface area contributed by atoms with Crippen molar-refractivity contribution < 1.29 is 9.53 Å². The van der Waals surface area contributed by atoms with Gasteiger partial charge in [-0.25, -0.2) is 4.98 Å². The van der Waals surface area contributed by atoms with E-state index in [9.17, 15) is 4.79 Å². The third-order valence-electron chi connectivity index (χ3n) is 4.96. The highest BCUT2D eigenvalue weighted by Crippen LogP contribution is 2.25. The summed E-state index contributed by atoms with van der Waals surface area (Å²) in [6.07, 6.45) is 2.42. The van der Waals surface area contributed by atoms with Crippen LogP contribution in [0.3, 0.4) is 0 Å². The average molecular weight is 349 g/mol. The molecule has 5 nitrogen and oxygen atoms in total. The second-order valence-electron chi connectivity index (χ2n) is 6.77. The van der Waals surface area contributed by atoms with Gasteiger partial charge in [0, 0.05) is 13.7 Å². The lowest BCUT2D eigenvalue weighted by Crippen LogP contribution is -2.33. The molecule has 3 aromatic rings. The normalized spacial score (nSPS) is 18.1. The number of benzene rings is 2. The van der Waals surface area contributed by atoms with Crippen LogP contribution in [0, 0.1) is 0 Å². The van der Waals surface area contributed by atoms with E-state index in [0.29, 0.717) is 6.42 Å². The second-order valence-corrected chi connectivity index (χ2v) is 6.77. The number of carbonyl (C=O) groups excluding carboxylic acids is 1. The van der Waals surface area contributed by atoms with Gasteiger partial charge in [-0.1, -0.05) is 42.5 Å². The molecule has 2 aromatic carbocycles. The maximum absolute atomic E-state index is 12.7. The van der Waals surface area contributed by atoms with Crippen molar-refractivity contribution >= 4 is 16.9 Å². The largest absolute Gasteiger partial charge is 0.378 e. The zero-order valence-electron chi connectivity index (χ0n) is 14.9. The summed E-state index contributed by atoms with van der Waals surface area (Å²) in [5, 5.41) is 3.18. The Hall–Kier alpha value is -2.66. The summed E-state index contributed by atoms with van der Waals surface area (Å²) in [5.74, 6) is 0.830. The van der Waals surface area contributed by atoms with Crippen molar-refractivity contribution in [3.63, 3.8) is 0 Å². The molecule has 1 aromatic heterocycles. The Labute approximate surface area is 153 Å². The van der Waals surface area contributed by atoms with Crippen LogP contribution in [0.4, 0.5) is 0 Å². The maximum atomic E-state index is 12.7.